The predicted octanol–water partition coefficient (Wildman–Crippen LogP) is 4.51. The third kappa shape index (κ3) is 3.49. The molecule has 0 spiro atoms. The van der Waals surface area contributed by atoms with Crippen LogP contribution >= 0.6 is 0 Å². The van der Waals surface area contributed by atoms with Crippen molar-refractivity contribution in [3.05, 3.63) is 70.8 Å². The molecule has 106 valence electrons. The second kappa shape index (κ2) is 7.25. The Labute approximate surface area is 123 Å². The monoisotopic (exact) mass is 267 g/mol. The van der Waals surface area contributed by atoms with Gasteiger partial charge in [0, 0.05) is 0 Å². The van der Waals surface area contributed by atoms with Crippen LogP contribution in [0.4, 0.5) is 0 Å². The van der Waals surface area contributed by atoms with Crippen LogP contribution < -0.4 is 5.32 Å². The van der Waals surface area contributed by atoms with Gasteiger partial charge in [-0.15, -0.1) is 0 Å². The average Bonchev–Trinajstić information content (AvgIpc) is 2.49. The van der Waals surface area contributed by atoms with Gasteiger partial charge in [0.25, 0.3) is 0 Å². The van der Waals surface area contributed by atoms with E-state index in [9.17, 15) is 0 Å². The van der Waals surface area contributed by atoms with Gasteiger partial charge in [-0.3, -0.25) is 0 Å². The number of nitrogens with one attached hydrogen (secondary N) is 1. The van der Waals surface area contributed by atoms with Crippen molar-refractivity contribution in [3.8, 4) is 0 Å². The van der Waals surface area contributed by atoms with Gasteiger partial charge in [0.05, 0.1) is 6.04 Å². The number of rotatable bonds is 6. The Hall–Kier alpha value is -1.60. The zero-order valence-electron chi connectivity index (χ0n) is 12.8. The van der Waals surface area contributed by atoms with Crippen molar-refractivity contribution in [1.82, 2.24) is 5.32 Å². The largest absolute Gasteiger partial charge is 0.309 e. The Morgan fingerprint density at radius 3 is 2.25 bits per heavy atom. The summed E-state index contributed by atoms with van der Waals surface area (Å²) in [6.45, 7) is 4.42. The summed E-state index contributed by atoms with van der Waals surface area (Å²) >= 11 is 0. The standard InChI is InChI=1S/C19H25N/c1-4-7-16-8-6-9-18(14-16)19(20-3)17-12-10-15(5-2)11-13-17/h6,8-14,19-20H,4-5,7H2,1-3H3. The minimum absolute atomic E-state index is 0.276. The Kier molecular flexibility index (Phi) is 5.37. The Bertz CT molecular complexity index is 528. The first-order valence-corrected chi connectivity index (χ1v) is 7.63. The summed E-state index contributed by atoms with van der Waals surface area (Å²) in [5.41, 5.74) is 5.50. The van der Waals surface area contributed by atoms with E-state index in [0.29, 0.717) is 0 Å². The first-order chi connectivity index (χ1) is 9.78. The Balaban J connectivity index is 2.28. The molecule has 0 heterocycles. The van der Waals surface area contributed by atoms with Crippen molar-refractivity contribution < 1.29 is 0 Å². The molecule has 0 radical (unpaired) electrons. The van der Waals surface area contributed by atoms with Gasteiger partial charge < -0.3 is 5.32 Å². The van der Waals surface area contributed by atoms with Gasteiger partial charge in [-0.25, -0.2) is 0 Å². The smallest absolute Gasteiger partial charge is 0.0574 e. The third-order valence-corrected chi connectivity index (χ3v) is 3.83. The molecule has 2 rings (SSSR count). The maximum Gasteiger partial charge on any atom is 0.0574 e. The molecule has 0 bridgehead atoms. The van der Waals surface area contributed by atoms with Gasteiger partial charge in [0.1, 0.15) is 0 Å². The minimum Gasteiger partial charge on any atom is -0.309 e. The first-order valence-electron chi connectivity index (χ1n) is 7.63. The molecule has 0 aliphatic heterocycles. The van der Waals surface area contributed by atoms with Crippen molar-refractivity contribution >= 4 is 0 Å². The van der Waals surface area contributed by atoms with Crippen LogP contribution in [0.15, 0.2) is 48.5 Å². The van der Waals surface area contributed by atoms with Gasteiger partial charge in [-0.05, 0) is 42.1 Å². The first kappa shape index (κ1) is 14.8. The molecule has 0 fully saturated rings. The van der Waals surface area contributed by atoms with E-state index in [1.54, 1.807) is 0 Å². The lowest BCUT2D eigenvalue weighted by Gasteiger charge is -2.18. The summed E-state index contributed by atoms with van der Waals surface area (Å²) in [7, 11) is 2.03. The van der Waals surface area contributed by atoms with Gasteiger partial charge in [-0.2, -0.15) is 0 Å². The highest BCUT2D eigenvalue weighted by Crippen LogP contribution is 2.23. The molecule has 0 saturated carbocycles. The summed E-state index contributed by atoms with van der Waals surface area (Å²) < 4.78 is 0. The lowest BCUT2D eigenvalue weighted by Crippen LogP contribution is -2.17. The highest BCUT2D eigenvalue weighted by molar-refractivity contribution is 5.35. The van der Waals surface area contributed by atoms with E-state index in [0.717, 1.165) is 12.8 Å². The molecular weight excluding hydrogens is 242 g/mol. The van der Waals surface area contributed by atoms with Gasteiger partial charge >= 0.3 is 0 Å². The maximum absolute atomic E-state index is 3.44. The SMILES string of the molecule is CCCc1cccc(C(NC)c2ccc(CC)cc2)c1. The maximum atomic E-state index is 3.44. The number of hydrogen-bond acceptors (Lipinski definition) is 1. The van der Waals surface area contributed by atoms with Crippen LogP contribution in [-0.4, -0.2) is 7.05 Å². The summed E-state index contributed by atoms with van der Waals surface area (Å²) in [4.78, 5) is 0. The fourth-order valence-corrected chi connectivity index (χ4v) is 2.69. The summed E-state index contributed by atoms with van der Waals surface area (Å²) in [5, 5.41) is 3.44. The van der Waals surface area contributed by atoms with Crippen LogP contribution in [0.1, 0.15) is 48.6 Å². The highest BCUT2D eigenvalue weighted by Gasteiger charge is 2.12. The molecule has 2 aromatic carbocycles. The van der Waals surface area contributed by atoms with Crippen molar-refractivity contribution in [2.24, 2.45) is 0 Å². The minimum atomic E-state index is 0.276. The van der Waals surface area contributed by atoms with Crippen LogP contribution in [0.5, 0.6) is 0 Å². The Morgan fingerprint density at radius 2 is 1.65 bits per heavy atom. The van der Waals surface area contributed by atoms with Gasteiger partial charge in [-0.1, -0.05) is 68.8 Å². The molecule has 0 aliphatic rings. The van der Waals surface area contributed by atoms with Gasteiger partial charge in [0.2, 0.25) is 0 Å². The van der Waals surface area contributed by atoms with Gasteiger partial charge in [0.15, 0.2) is 0 Å². The molecule has 1 N–H and O–H groups in total. The zero-order chi connectivity index (χ0) is 14.4. The summed E-state index contributed by atoms with van der Waals surface area (Å²) in [6.07, 6.45) is 3.44. The topological polar surface area (TPSA) is 12.0 Å². The summed E-state index contributed by atoms with van der Waals surface area (Å²) in [5.74, 6) is 0. The van der Waals surface area contributed by atoms with E-state index in [-0.39, 0.29) is 6.04 Å². The summed E-state index contributed by atoms with van der Waals surface area (Å²) in [6, 6.07) is 18.2. The van der Waals surface area contributed by atoms with Crippen molar-refractivity contribution in [2.75, 3.05) is 7.05 Å². The van der Waals surface area contributed by atoms with Crippen LogP contribution in [0, 0.1) is 0 Å². The second-order valence-corrected chi connectivity index (χ2v) is 5.31. The zero-order valence-corrected chi connectivity index (χ0v) is 12.8. The van der Waals surface area contributed by atoms with E-state index in [1.165, 1.54) is 28.7 Å². The molecule has 0 amide bonds. The van der Waals surface area contributed by atoms with E-state index < -0.39 is 0 Å². The molecule has 0 aliphatic carbocycles. The molecule has 20 heavy (non-hydrogen) atoms. The molecule has 0 saturated heterocycles. The fourth-order valence-electron chi connectivity index (χ4n) is 2.69. The van der Waals surface area contributed by atoms with Crippen LogP contribution in [0.25, 0.3) is 0 Å². The predicted molar refractivity (Wildman–Crippen MR) is 87.2 cm³/mol. The van der Waals surface area contributed by atoms with Crippen molar-refractivity contribution in [2.45, 2.75) is 39.2 Å². The third-order valence-electron chi connectivity index (χ3n) is 3.83. The van der Waals surface area contributed by atoms with E-state index in [4.69, 9.17) is 0 Å². The number of aryl methyl sites for hydroxylation is 2. The lowest BCUT2D eigenvalue weighted by molar-refractivity contribution is 0.690. The average molecular weight is 267 g/mol. The quantitative estimate of drug-likeness (QED) is 0.812. The van der Waals surface area contributed by atoms with Crippen LogP contribution in [0.3, 0.4) is 0 Å². The molecule has 1 atom stereocenters. The van der Waals surface area contributed by atoms with Crippen LogP contribution in [0.2, 0.25) is 0 Å². The molecule has 0 aromatic heterocycles. The van der Waals surface area contributed by atoms with Crippen LogP contribution in [-0.2, 0) is 12.8 Å². The van der Waals surface area contributed by atoms with E-state index in [1.807, 2.05) is 7.05 Å². The Morgan fingerprint density at radius 1 is 0.900 bits per heavy atom. The van der Waals surface area contributed by atoms with E-state index >= 15 is 0 Å². The molecule has 1 nitrogen and oxygen atoms in total. The van der Waals surface area contributed by atoms with Crippen molar-refractivity contribution in [1.29, 1.82) is 0 Å². The number of benzene rings is 2. The molecular formula is C19H25N. The normalized spacial score (nSPS) is 12.3. The molecule has 1 unspecified atom stereocenters. The van der Waals surface area contributed by atoms with Crippen molar-refractivity contribution in [3.63, 3.8) is 0 Å². The number of hydrogen-bond donors (Lipinski definition) is 1. The fraction of sp³-hybridized carbons (Fsp3) is 0.368. The lowest BCUT2D eigenvalue weighted by atomic mass is 9.95. The second-order valence-electron chi connectivity index (χ2n) is 5.31. The molecule has 2 aromatic rings. The van der Waals surface area contributed by atoms with E-state index in [2.05, 4.69) is 67.7 Å². The molecule has 1 heteroatoms. The highest BCUT2D eigenvalue weighted by atomic mass is 14.9.